The standard InChI is InChI=1S/C25H20ClF3N8O3/c1-35-20-19(26)18(40-17-9-32-37-3-2-30-7-16(17)37)8-31-21(20)34-23(35)33-15-4-13(25(27,28)29)10-36(22(15)38)14-5-24(6-14)11-39-12-24/h2-4,7-10,14H,5-6,11-12H2,1H3,(H,31,33,34). The highest BCUT2D eigenvalue weighted by atomic mass is 35.5. The molecule has 1 saturated heterocycles. The van der Waals surface area contributed by atoms with Crippen LogP contribution in [0.15, 0.2) is 48.0 Å². The highest BCUT2D eigenvalue weighted by Gasteiger charge is 2.51. The third-order valence-corrected chi connectivity index (χ3v) is 7.84. The van der Waals surface area contributed by atoms with Crippen LogP contribution in [0.2, 0.25) is 5.02 Å². The third-order valence-electron chi connectivity index (χ3n) is 7.48. The van der Waals surface area contributed by atoms with Crippen LogP contribution in [0.5, 0.6) is 11.5 Å². The molecule has 0 amide bonds. The summed E-state index contributed by atoms with van der Waals surface area (Å²) in [6, 6.07) is 0.452. The minimum absolute atomic E-state index is 0.0363. The highest BCUT2D eigenvalue weighted by molar-refractivity contribution is 6.36. The molecule has 1 N–H and O–H groups in total. The van der Waals surface area contributed by atoms with E-state index < -0.39 is 17.3 Å². The number of imidazole rings is 1. The molecule has 7 rings (SSSR count). The van der Waals surface area contributed by atoms with Gasteiger partial charge >= 0.3 is 6.18 Å². The number of rotatable bonds is 5. The minimum Gasteiger partial charge on any atom is -0.450 e. The zero-order valence-corrected chi connectivity index (χ0v) is 21.6. The second-order valence-electron chi connectivity index (χ2n) is 10.2. The summed E-state index contributed by atoms with van der Waals surface area (Å²) in [7, 11) is 1.60. The van der Waals surface area contributed by atoms with E-state index in [-0.39, 0.29) is 39.5 Å². The first-order chi connectivity index (χ1) is 19.1. The van der Waals surface area contributed by atoms with E-state index in [2.05, 4.69) is 25.4 Å². The summed E-state index contributed by atoms with van der Waals surface area (Å²) in [5.74, 6) is 0.692. The molecule has 0 bridgehead atoms. The van der Waals surface area contributed by atoms with Gasteiger partial charge in [0.15, 0.2) is 17.1 Å². The van der Waals surface area contributed by atoms with Crippen molar-refractivity contribution in [3.8, 4) is 11.5 Å². The van der Waals surface area contributed by atoms with Gasteiger partial charge in [-0.1, -0.05) is 11.6 Å². The highest BCUT2D eigenvalue weighted by Crippen LogP contribution is 2.53. The van der Waals surface area contributed by atoms with Crippen molar-refractivity contribution in [2.24, 2.45) is 12.5 Å². The zero-order chi connectivity index (χ0) is 27.8. The van der Waals surface area contributed by atoms with Gasteiger partial charge in [-0.25, -0.2) is 9.50 Å². The molecule has 1 aliphatic heterocycles. The number of pyridine rings is 2. The molecule has 2 fully saturated rings. The van der Waals surface area contributed by atoms with E-state index in [1.807, 2.05) is 0 Å². The summed E-state index contributed by atoms with van der Waals surface area (Å²) < 4.78 is 56.8. The first kappa shape index (κ1) is 24.8. The molecular formula is C25H20ClF3N8O3. The third kappa shape index (κ3) is 3.89. The fourth-order valence-electron chi connectivity index (χ4n) is 5.31. The fraction of sp³-hybridized carbons (Fsp3) is 0.320. The Hall–Kier alpha value is -4.17. The van der Waals surface area contributed by atoms with Crippen molar-refractivity contribution >= 4 is 39.9 Å². The summed E-state index contributed by atoms with van der Waals surface area (Å²) >= 11 is 6.67. The molecule has 15 heteroatoms. The number of hydrogen-bond acceptors (Lipinski definition) is 8. The average molecular weight is 573 g/mol. The van der Waals surface area contributed by atoms with E-state index >= 15 is 0 Å². The summed E-state index contributed by atoms with van der Waals surface area (Å²) in [5.41, 5.74) is -0.638. The van der Waals surface area contributed by atoms with Crippen LogP contribution in [0.4, 0.5) is 24.8 Å². The SMILES string of the molecule is Cn1c(Nc2cc(C(F)(F)F)cn(C3CC4(COC4)C3)c2=O)nc2ncc(Oc3cnn4ccncc34)c(Cl)c21. The lowest BCUT2D eigenvalue weighted by Gasteiger charge is -2.53. The van der Waals surface area contributed by atoms with E-state index in [1.165, 1.54) is 21.5 Å². The van der Waals surface area contributed by atoms with Gasteiger partial charge in [0.2, 0.25) is 5.95 Å². The molecule has 6 heterocycles. The molecule has 0 aromatic carbocycles. The van der Waals surface area contributed by atoms with Crippen molar-refractivity contribution in [2.75, 3.05) is 18.5 Å². The molecule has 1 saturated carbocycles. The average Bonchev–Trinajstić information content (AvgIpc) is 3.41. The van der Waals surface area contributed by atoms with E-state index in [0.717, 1.165) is 12.3 Å². The maximum atomic E-state index is 13.8. The first-order valence-electron chi connectivity index (χ1n) is 12.3. The summed E-state index contributed by atoms with van der Waals surface area (Å²) in [4.78, 5) is 26.1. The van der Waals surface area contributed by atoms with Crippen molar-refractivity contribution in [3.05, 3.63) is 64.2 Å². The van der Waals surface area contributed by atoms with Crippen LogP contribution in [-0.2, 0) is 18.0 Å². The molecule has 206 valence electrons. The fourth-order valence-corrected chi connectivity index (χ4v) is 5.61. The molecular weight excluding hydrogens is 553 g/mol. The number of anilines is 2. The molecule has 5 aromatic rings. The van der Waals surface area contributed by atoms with Crippen LogP contribution in [0.3, 0.4) is 0 Å². The number of aromatic nitrogens is 7. The monoisotopic (exact) mass is 572 g/mol. The maximum Gasteiger partial charge on any atom is 0.417 e. The van der Waals surface area contributed by atoms with Gasteiger partial charge in [0.1, 0.15) is 21.7 Å². The van der Waals surface area contributed by atoms with Gasteiger partial charge in [0.05, 0.1) is 37.4 Å². The minimum atomic E-state index is -4.65. The zero-order valence-electron chi connectivity index (χ0n) is 20.8. The lowest BCUT2D eigenvalue weighted by molar-refractivity contribution is -0.175. The van der Waals surface area contributed by atoms with Crippen molar-refractivity contribution in [2.45, 2.75) is 25.1 Å². The Labute approximate surface area is 228 Å². The topological polar surface area (TPSA) is 113 Å². The van der Waals surface area contributed by atoms with E-state index in [4.69, 9.17) is 21.1 Å². The van der Waals surface area contributed by atoms with Crippen LogP contribution in [-0.4, -0.2) is 46.9 Å². The van der Waals surface area contributed by atoms with Crippen LogP contribution < -0.4 is 15.6 Å². The van der Waals surface area contributed by atoms with Gasteiger partial charge in [0, 0.05) is 37.1 Å². The lowest BCUT2D eigenvalue weighted by atomic mass is 9.64. The molecule has 1 spiro atoms. The second kappa shape index (κ2) is 8.66. The predicted molar refractivity (Wildman–Crippen MR) is 137 cm³/mol. The Kier molecular flexibility index (Phi) is 5.38. The number of aryl methyl sites for hydroxylation is 1. The molecule has 0 unspecified atom stereocenters. The van der Waals surface area contributed by atoms with Gasteiger partial charge in [-0.2, -0.15) is 23.3 Å². The molecule has 11 nitrogen and oxygen atoms in total. The predicted octanol–water partition coefficient (Wildman–Crippen LogP) is 4.73. The van der Waals surface area contributed by atoms with Crippen LogP contribution in [0.1, 0.15) is 24.4 Å². The Balaban J connectivity index is 1.24. The number of nitrogens with zero attached hydrogens (tertiary/aromatic N) is 7. The molecule has 40 heavy (non-hydrogen) atoms. The number of hydrogen-bond donors (Lipinski definition) is 1. The lowest BCUT2D eigenvalue weighted by Crippen LogP contribution is -2.53. The van der Waals surface area contributed by atoms with Gasteiger partial charge in [-0.3, -0.25) is 9.78 Å². The Morgan fingerprint density at radius 3 is 2.73 bits per heavy atom. The molecule has 5 aromatic heterocycles. The summed E-state index contributed by atoms with van der Waals surface area (Å²) in [5, 5.41) is 7.15. The maximum absolute atomic E-state index is 13.8. The van der Waals surface area contributed by atoms with Crippen LogP contribution in [0, 0.1) is 5.41 Å². The number of fused-ring (bicyclic) bond motifs is 2. The van der Waals surface area contributed by atoms with E-state index in [1.54, 1.807) is 30.2 Å². The van der Waals surface area contributed by atoms with Crippen LogP contribution in [0.25, 0.3) is 16.7 Å². The normalized spacial score (nSPS) is 16.8. The number of nitrogens with one attached hydrogen (secondary N) is 1. The number of alkyl halides is 3. The van der Waals surface area contributed by atoms with Crippen molar-refractivity contribution in [1.82, 2.24) is 33.7 Å². The van der Waals surface area contributed by atoms with Gasteiger partial charge in [-0.15, -0.1) is 0 Å². The quantitative estimate of drug-likeness (QED) is 0.321. The van der Waals surface area contributed by atoms with Crippen molar-refractivity contribution in [1.29, 1.82) is 0 Å². The Morgan fingerprint density at radius 1 is 1.20 bits per heavy atom. The largest absolute Gasteiger partial charge is 0.450 e. The van der Waals surface area contributed by atoms with Gasteiger partial charge in [-0.05, 0) is 18.9 Å². The van der Waals surface area contributed by atoms with Crippen molar-refractivity contribution in [3.63, 3.8) is 0 Å². The van der Waals surface area contributed by atoms with E-state index in [9.17, 15) is 18.0 Å². The number of halogens is 4. The molecule has 0 atom stereocenters. The first-order valence-corrected chi connectivity index (χ1v) is 12.6. The Bertz CT molecular complexity index is 1850. The van der Waals surface area contributed by atoms with Crippen LogP contribution >= 0.6 is 11.6 Å². The number of ether oxygens (including phenoxy) is 2. The summed E-state index contributed by atoms with van der Waals surface area (Å²) in [6.07, 6.45) is 5.14. The van der Waals surface area contributed by atoms with Crippen molar-refractivity contribution < 1.29 is 22.6 Å². The van der Waals surface area contributed by atoms with Gasteiger partial charge in [0.25, 0.3) is 5.56 Å². The molecule has 1 aliphatic carbocycles. The molecule has 0 radical (unpaired) electrons. The summed E-state index contributed by atoms with van der Waals surface area (Å²) in [6.45, 7) is 1.13. The Morgan fingerprint density at radius 2 is 2.00 bits per heavy atom. The smallest absolute Gasteiger partial charge is 0.417 e. The van der Waals surface area contributed by atoms with Gasteiger partial charge < -0.3 is 23.9 Å². The van der Waals surface area contributed by atoms with E-state index in [0.29, 0.717) is 42.8 Å². The second-order valence-corrected chi connectivity index (χ2v) is 10.5. The molecule has 2 aliphatic rings.